The first-order valence-electron chi connectivity index (χ1n) is 12.3. The average molecular weight is 522 g/mol. The van der Waals surface area contributed by atoms with Crippen molar-refractivity contribution in [1.82, 2.24) is 19.9 Å². The Labute approximate surface area is 219 Å². The number of aromatic nitrogens is 3. The lowest BCUT2D eigenvalue weighted by molar-refractivity contribution is -0.127. The van der Waals surface area contributed by atoms with Gasteiger partial charge < -0.3 is 35.3 Å². The van der Waals surface area contributed by atoms with Crippen LogP contribution < -0.4 is 11.1 Å². The maximum absolute atomic E-state index is 11.9. The minimum Gasteiger partial charge on any atom is -0.444 e. The third kappa shape index (κ3) is 12.2. The van der Waals surface area contributed by atoms with Crippen LogP contribution in [0.3, 0.4) is 0 Å². The van der Waals surface area contributed by atoms with Gasteiger partial charge in [-0.05, 0) is 78.9 Å². The fraction of sp³-hybridized carbons (Fsp3) is 0.615. The van der Waals surface area contributed by atoms with Crippen molar-refractivity contribution in [3.63, 3.8) is 0 Å². The number of aliphatic hydroxyl groups is 2. The molecule has 11 heteroatoms. The van der Waals surface area contributed by atoms with E-state index in [1.807, 2.05) is 33.9 Å². The number of fused-ring (bicyclic) bond motifs is 1. The quantitative estimate of drug-likeness (QED) is 0.253. The monoisotopic (exact) mass is 521 g/mol. The van der Waals surface area contributed by atoms with Gasteiger partial charge in [0.25, 0.3) is 0 Å². The Kier molecular flexibility index (Phi) is 12.7. The summed E-state index contributed by atoms with van der Waals surface area (Å²) in [6, 6.07) is 0.251. The molecule has 1 aliphatic rings. The van der Waals surface area contributed by atoms with Gasteiger partial charge in [0.1, 0.15) is 29.7 Å². The second kappa shape index (κ2) is 14.7. The minimum atomic E-state index is -1.50. The molecule has 3 rings (SSSR count). The van der Waals surface area contributed by atoms with Gasteiger partial charge in [-0.3, -0.25) is 4.79 Å². The summed E-state index contributed by atoms with van der Waals surface area (Å²) in [7, 11) is 1.68. The van der Waals surface area contributed by atoms with Crippen molar-refractivity contribution < 1.29 is 29.3 Å². The summed E-state index contributed by atoms with van der Waals surface area (Å²) in [6.07, 6.45) is 9.84. The molecular formula is C26H43N5O6. The predicted molar refractivity (Wildman–Crippen MR) is 144 cm³/mol. The summed E-state index contributed by atoms with van der Waals surface area (Å²) in [5.41, 5.74) is 7.15. The summed E-state index contributed by atoms with van der Waals surface area (Å²) in [5.74, 6) is -0.737. The first kappa shape index (κ1) is 32.0. The molecule has 0 unspecified atom stereocenters. The molecule has 0 aliphatic heterocycles. The third-order valence-electron chi connectivity index (χ3n) is 5.15. The lowest BCUT2D eigenvalue weighted by atomic mass is 10.1. The van der Waals surface area contributed by atoms with Crippen molar-refractivity contribution >= 4 is 35.3 Å². The van der Waals surface area contributed by atoms with E-state index < -0.39 is 11.4 Å². The first-order valence-corrected chi connectivity index (χ1v) is 12.3. The first-order chi connectivity index (χ1) is 17.2. The van der Waals surface area contributed by atoms with Gasteiger partial charge in [-0.15, -0.1) is 0 Å². The van der Waals surface area contributed by atoms with Crippen LogP contribution in [-0.4, -0.2) is 68.8 Å². The van der Waals surface area contributed by atoms with Crippen molar-refractivity contribution in [2.45, 2.75) is 78.2 Å². The second-order valence-electron chi connectivity index (χ2n) is 10.2. The molecule has 2 atom stereocenters. The number of nitrogens with zero attached hydrogens (tertiary/aromatic N) is 3. The van der Waals surface area contributed by atoms with Crippen LogP contribution in [0.2, 0.25) is 0 Å². The molecule has 1 amide bonds. The zero-order valence-electron chi connectivity index (χ0n) is 23.0. The molecule has 2 aromatic heterocycles. The number of aldehydes is 1. The van der Waals surface area contributed by atoms with E-state index in [2.05, 4.69) is 24.6 Å². The molecule has 11 nitrogen and oxygen atoms in total. The maximum Gasteiger partial charge on any atom is 0.407 e. The van der Waals surface area contributed by atoms with Gasteiger partial charge in [0, 0.05) is 38.1 Å². The van der Waals surface area contributed by atoms with Crippen molar-refractivity contribution in [1.29, 1.82) is 0 Å². The van der Waals surface area contributed by atoms with E-state index in [0.717, 1.165) is 48.8 Å². The van der Waals surface area contributed by atoms with E-state index in [1.165, 1.54) is 26.3 Å². The Bertz CT molecular complexity index is 1010. The van der Waals surface area contributed by atoms with E-state index in [9.17, 15) is 9.59 Å². The molecule has 1 fully saturated rings. The highest BCUT2D eigenvalue weighted by Crippen LogP contribution is 2.38. The number of methoxy groups -OCH3 is 1. The fourth-order valence-electron chi connectivity index (χ4n) is 3.71. The number of allylic oxidation sites excluding steroid dienone is 1. The normalized spacial score (nSPS) is 17.5. The number of nitrogen functional groups attached to an aromatic ring is 1. The van der Waals surface area contributed by atoms with Crippen LogP contribution in [-0.2, 0) is 14.3 Å². The number of hydrogen-bond acceptors (Lipinski definition) is 9. The average Bonchev–Trinajstić information content (AvgIpc) is 3.39. The van der Waals surface area contributed by atoms with Crippen LogP contribution in [0.25, 0.3) is 17.1 Å². The molecule has 0 spiro atoms. The molecule has 0 saturated heterocycles. The SMILES string of the molecule is CC(C)(C)OC(=O)NC[C@@H]1CC[C@H](n2cc(/C=C/C=O)c3c(N)ncnc32)C1.CC(C)(O)O.CCOC. The number of amides is 1. The second-order valence-corrected chi connectivity index (χ2v) is 10.2. The molecular weight excluding hydrogens is 478 g/mol. The standard InChI is InChI=1S/C20H27N5O3.C3H8O2.C3H8O/c1-20(2,3)28-19(27)22-10-13-6-7-15(9-13)25-11-14(5-4-8-26)16-17(21)23-12-24-18(16)25;1-3(2,4)5;1-3-4-2/h4-5,8,11-13,15H,6-7,9-10H2,1-3H3,(H,22,27)(H2,21,23,24);4-5H,1-2H3;3H2,1-2H3/b5-4+;;/t13-,15+;;/m1../s1. The van der Waals surface area contributed by atoms with Gasteiger partial charge in [-0.25, -0.2) is 14.8 Å². The number of nitrogens with one attached hydrogen (secondary N) is 1. The van der Waals surface area contributed by atoms with Gasteiger partial charge in [-0.1, -0.05) is 0 Å². The highest BCUT2D eigenvalue weighted by atomic mass is 16.6. The molecule has 1 aliphatic carbocycles. The Morgan fingerprint density at radius 3 is 2.41 bits per heavy atom. The van der Waals surface area contributed by atoms with Crippen LogP contribution in [0.5, 0.6) is 0 Å². The van der Waals surface area contributed by atoms with Gasteiger partial charge in [0.2, 0.25) is 0 Å². The largest absolute Gasteiger partial charge is 0.444 e. The number of alkyl carbamates (subject to hydrolysis) is 1. The summed E-state index contributed by atoms with van der Waals surface area (Å²) < 4.78 is 12.0. The van der Waals surface area contributed by atoms with E-state index in [4.69, 9.17) is 20.7 Å². The Morgan fingerprint density at radius 1 is 1.24 bits per heavy atom. The molecule has 1 saturated carbocycles. The number of carbonyl (C=O) groups is 2. The minimum absolute atomic E-state index is 0.251. The van der Waals surface area contributed by atoms with Crippen LogP contribution >= 0.6 is 0 Å². The van der Waals surface area contributed by atoms with Crippen LogP contribution in [0.4, 0.5) is 10.6 Å². The zero-order valence-corrected chi connectivity index (χ0v) is 23.0. The topological polar surface area (TPSA) is 162 Å². The van der Waals surface area contributed by atoms with Crippen molar-refractivity contribution in [3.8, 4) is 0 Å². The predicted octanol–water partition coefficient (Wildman–Crippen LogP) is 3.45. The van der Waals surface area contributed by atoms with Crippen molar-refractivity contribution in [2.75, 3.05) is 26.0 Å². The highest BCUT2D eigenvalue weighted by molar-refractivity contribution is 5.96. The molecule has 0 radical (unpaired) electrons. The van der Waals surface area contributed by atoms with Gasteiger partial charge >= 0.3 is 6.09 Å². The Hall–Kier alpha value is -3.02. The third-order valence-corrected chi connectivity index (χ3v) is 5.15. The number of carbonyl (C=O) groups excluding carboxylic acids is 2. The van der Waals surface area contributed by atoms with E-state index in [1.54, 1.807) is 13.2 Å². The fourth-order valence-corrected chi connectivity index (χ4v) is 3.71. The molecule has 0 bridgehead atoms. The summed E-state index contributed by atoms with van der Waals surface area (Å²) in [6.45, 7) is 11.5. The van der Waals surface area contributed by atoms with Crippen LogP contribution in [0, 0.1) is 5.92 Å². The number of anilines is 1. The van der Waals surface area contributed by atoms with Crippen LogP contribution in [0.1, 0.15) is 72.4 Å². The summed E-state index contributed by atoms with van der Waals surface area (Å²) >= 11 is 0. The van der Waals surface area contributed by atoms with Crippen molar-refractivity contribution in [2.24, 2.45) is 5.92 Å². The number of ether oxygens (including phenoxy) is 2. The number of rotatable bonds is 6. The highest BCUT2D eigenvalue weighted by Gasteiger charge is 2.29. The molecule has 2 aromatic rings. The van der Waals surface area contributed by atoms with E-state index in [-0.39, 0.29) is 12.1 Å². The Morgan fingerprint density at radius 2 is 1.86 bits per heavy atom. The molecule has 0 aromatic carbocycles. The van der Waals surface area contributed by atoms with Gasteiger partial charge in [0.05, 0.1) is 5.39 Å². The van der Waals surface area contributed by atoms with Crippen molar-refractivity contribution in [3.05, 3.63) is 24.2 Å². The Balaban J connectivity index is 0.000000657. The lowest BCUT2D eigenvalue weighted by Gasteiger charge is -2.20. The molecule has 208 valence electrons. The summed E-state index contributed by atoms with van der Waals surface area (Å²) in [4.78, 5) is 31.1. The van der Waals surface area contributed by atoms with Gasteiger partial charge in [-0.2, -0.15) is 0 Å². The number of hydrogen-bond donors (Lipinski definition) is 4. The lowest BCUT2D eigenvalue weighted by Crippen LogP contribution is -2.34. The van der Waals surface area contributed by atoms with Crippen LogP contribution in [0.15, 0.2) is 18.6 Å². The smallest absolute Gasteiger partial charge is 0.407 e. The summed E-state index contributed by atoms with van der Waals surface area (Å²) in [5, 5.41) is 19.8. The zero-order chi connectivity index (χ0) is 28.2. The molecule has 2 heterocycles. The van der Waals surface area contributed by atoms with E-state index >= 15 is 0 Å². The molecule has 5 N–H and O–H groups in total. The number of nitrogens with two attached hydrogens (primary N) is 1. The van der Waals surface area contributed by atoms with Gasteiger partial charge in [0.15, 0.2) is 5.79 Å². The molecule has 37 heavy (non-hydrogen) atoms. The maximum atomic E-state index is 11.9. The van der Waals surface area contributed by atoms with E-state index in [0.29, 0.717) is 18.3 Å².